The molecular formula is C15H24N2O2. The van der Waals surface area contributed by atoms with E-state index in [1.165, 1.54) is 6.42 Å². The van der Waals surface area contributed by atoms with Crippen LogP contribution < -0.4 is 11.1 Å². The fourth-order valence-electron chi connectivity index (χ4n) is 2.88. The molecule has 0 saturated heterocycles. The van der Waals surface area contributed by atoms with Crippen LogP contribution in [0.3, 0.4) is 0 Å². The van der Waals surface area contributed by atoms with Gasteiger partial charge in [-0.15, -0.1) is 0 Å². The van der Waals surface area contributed by atoms with E-state index in [0.717, 1.165) is 37.0 Å². The molecule has 2 rings (SSSR count). The highest BCUT2D eigenvalue weighted by Crippen LogP contribution is 2.22. The summed E-state index contributed by atoms with van der Waals surface area (Å²) in [5.41, 5.74) is 7.75. The quantitative estimate of drug-likeness (QED) is 0.807. The lowest BCUT2D eigenvalue weighted by molar-refractivity contribution is 0.0927. The number of aryl methyl sites for hydroxylation is 2. The number of hydrogen-bond acceptors (Lipinski definition) is 3. The maximum Gasteiger partial charge on any atom is 0.255 e. The third-order valence-corrected chi connectivity index (χ3v) is 4.17. The molecule has 0 aliphatic heterocycles. The van der Waals surface area contributed by atoms with Gasteiger partial charge >= 0.3 is 0 Å². The lowest BCUT2D eigenvalue weighted by Gasteiger charge is -2.22. The first-order chi connectivity index (χ1) is 9.00. The predicted molar refractivity (Wildman–Crippen MR) is 75.2 cm³/mol. The van der Waals surface area contributed by atoms with Crippen LogP contribution in [0.15, 0.2) is 4.42 Å². The maximum atomic E-state index is 12.4. The molecule has 19 heavy (non-hydrogen) atoms. The zero-order valence-electron chi connectivity index (χ0n) is 12.1. The summed E-state index contributed by atoms with van der Waals surface area (Å²) in [6.45, 7) is 5.65. The average molecular weight is 264 g/mol. The molecule has 0 spiro atoms. The van der Waals surface area contributed by atoms with Gasteiger partial charge in [0.1, 0.15) is 11.5 Å². The first-order valence-electron chi connectivity index (χ1n) is 7.13. The Hall–Kier alpha value is -1.29. The molecule has 1 saturated carbocycles. The second-order valence-corrected chi connectivity index (χ2v) is 5.60. The summed E-state index contributed by atoms with van der Waals surface area (Å²) in [6, 6.07) is 0.157. The van der Waals surface area contributed by atoms with Crippen LogP contribution in [0, 0.1) is 20.8 Å². The Morgan fingerprint density at radius 3 is 2.47 bits per heavy atom. The molecule has 106 valence electrons. The fourth-order valence-corrected chi connectivity index (χ4v) is 2.88. The van der Waals surface area contributed by atoms with Gasteiger partial charge in [-0.3, -0.25) is 4.79 Å². The van der Waals surface area contributed by atoms with Gasteiger partial charge in [0, 0.05) is 17.6 Å². The molecule has 1 aromatic heterocycles. The van der Waals surface area contributed by atoms with Crippen molar-refractivity contribution in [1.29, 1.82) is 0 Å². The van der Waals surface area contributed by atoms with Gasteiger partial charge in [-0.25, -0.2) is 0 Å². The molecule has 2 unspecified atom stereocenters. The topological polar surface area (TPSA) is 68.3 Å². The molecule has 1 aliphatic carbocycles. The second kappa shape index (κ2) is 5.78. The Labute approximate surface area is 114 Å². The van der Waals surface area contributed by atoms with Crippen LogP contribution in [0.1, 0.15) is 59.5 Å². The molecular weight excluding hydrogens is 240 g/mol. The number of amides is 1. The van der Waals surface area contributed by atoms with Gasteiger partial charge in [0.05, 0.1) is 5.56 Å². The third-order valence-electron chi connectivity index (χ3n) is 4.17. The van der Waals surface area contributed by atoms with Gasteiger partial charge in [0.25, 0.3) is 5.91 Å². The Kier molecular flexibility index (Phi) is 4.30. The van der Waals surface area contributed by atoms with E-state index in [4.69, 9.17) is 10.2 Å². The molecule has 1 aromatic rings. The summed E-state index contributed by atoms with van der Waals surface area (Å²) in [4.78, 5) is 12.4. The van der Waals surface area contributed by atoms with E-state index in [1.54, 1.807) is 0 Å². The van der Waals surface area contributed by atoms with E-state index >= 15 is 0 Å². The zero-order chi connectivity index (χ0) is 14.0. The van der Waals surface area contributed by atoms with Crippen LogP contribution in [-0.2, 0) is 0 Å². The van der Waals surface area contributed by atoms with Gasteiger partial charge in [0.2, 0.25) is 0 Å². The molecule has 0 aromatic carbocycles. The highest BCUT2D eigenvalue weighted by Gasteiger charge is 2.25. The highest BCUT2D eigenvalue weighted by atomic mass is 16.3. The van der Waals surface area contributed by atoms with Crippen molar-refractivity contribution in [2.75, 3.05) is 0 Å². The Morgan fingerprint density at radius 2 is 1.84 bits per heavy atom. The molecule has 2 atom stereocenters. The monoisotopic (exact) mass is 264 g/mol. The summed E-state index contributed by atoms with van der Waals surface area (Å²) in [6.07, 6.45) is 5.48. The van der Waals surface area contributed by atoms with Crippen LogP contribution in [0.2, 0.25) is 0 Å². The van der Waals surface area contributed by atoms with Crippen molar-refractivity contribution in [2.45, 2.75) is 65.0 Å². The lowest BCUT2D eigenvalue weighted by atomic mass is 10.0. The first-order valence-corrected chi connectivity index (χ1v) is 7.13. The van der Waals surface area contributed by atoms with E-state index in [1.807, 2.05) is 20.8 Å². The lowest BCUT2D eigenvalue weighted by Crippen LogP contribution is -2.47. The second-order valence-electron chi connectivity index (χ2n) is 5.60. The van der Waals surface area contributed by atoms with E-state index in [-0.39, 0.29) is 18.0 Å². The summed E-state index contributed by atoms with van der Waals surface area (Å²) >= 11 is 0. The summed E-state index contributed by atoms with van der Waals surface area (Å²) in [7, 11) is 0. The van der Waals surface area contributed by atoms with Gasteiger partial charge in [-0.05, 0) is 33.6 Å². The molecule has 4 heteroatoms. The minimum Gasteiger partial charge on any atom is -0.466 e. The van der Waals surface area contributed by atoms with Crippen LogP contribution in [0.5, 0.6) is 0 Å². The Balaban J connectivity index is 2.11. The van der Waals surface area contributed by atoms with Crippen LogP contribution in [0.25, 0.3) is 0 Å². The van der Waals surface area contributed by atoms with Crippen molar-refractivity contribution in [1.82, 2.24) is 5.32 Å². The molecule has 1 amide bonds. The van der Waals surface area contributed by atoms with E-state index in [0.29, 0.717) is 11.3 Å². The number of nitrogens with two attached hydrogens (primary N) is 1. The number of hydrogen-bond donors (Lipinski definition) is 2. The normalized spacial score (nSPS) is 24.0. The molecule has 1 heterocycles. The van der Waals surface area contributed by atoms with Gasteiger partial charge in [-0.2, -0.15) is 0 Å². The minimum atomic E-state index is -0.0470. The molecule has 0 bridgehead atoms. The Bertz CT molecular complexity index is 465. The maximum absolute atomic E-state index is 12.4. The molecule has 0 radical (unpaired) electrons. The van der Waals surface area contributed by atoms with Crippen LogP contribution in [-0.4, -0.2) is 18.0 Å². The molecule has 1 aliphatic rings. The smallest absolute Gasteiger partial charge is 0.255 e. The van der Waals surface area contributed by atoms with Gasteiger partial charge in [0.15, 0.2) is 0 Å². The Morgan fingerprint density at radius 1 is 1.16 bits per heavy atom. The number of carbonyl (C=O) groups excluding carboxylic acids is 1. The van der Waals surface area contributed by atoms with Crippen LogP contribution >= 0.6 is 0 Å². The van der Waals surface area contributed by atoms with E-state index < -0.39 is 0 Å². The van der Waals surface area contributed by atoms with E-state index in [9.17, 15) is 4.79 Å². The summed E-state index contributed by atoms with van der Waals surface area (Å²) in [5, 5.41) is 3.10. The van der Waals surface area contributed by atoms with E-state index in [2.05, 4.69) is 5.32 Å². The predicted octanol–water partition coefficient (Wildman–Crippen LogP) is 2.59. The van der Waals surface area contributed by atoms with Crippen molar-refractivity contribution in [2.24, 2.45) is 5.73 Å². The van der Waals surface area contributed by atoms with Gasteiger partial charge < -0.3 is 15.5 Å². The number of carbonyl (C=O) groups is 1. The largest absolute Gasteiger partial charge is 0.466 e. The SMILES string of the molecule is Cc1oc(C)c(C(=O)NC2CCCCCC2N)c1C. The number of nitrogens with one attached hydrogen (secondary N) is 1. The zero-order valence-corrected chi connectivity index (χ0v) is 12.1. The summed E-state index contributed by atoms with van der Waals surface area (Å²) < 4.78 is 5.52. The van der Waals surface area contributed by atoms with Gasteiger partial charge in [-0.1, -0.05) is 19.3 Å². The average Bonchev–Trinajstić information content (AvgIpc) is 2.51. The van der Waals surface area contributed by atoms with Crippen molar-refractivity contribution in [3.8, 4) is 0 Å². The number of rotatable bonds is 2. The molecule has 4 nitrogen and oxygen atoms in total. The highest BCUT2D eigenvalue weighted by molar-refractivity contribution is 5.97. The standard InChI is InChI=1S/C15H24N2O2/c1-9-10(2)19-11(3)14(9)15(18)17-13-8-6-4-5-7-12(13)16/h12-13H,4-8,16H2,1-3H3,(H,17,18). The van der Waals surface area contributed by atoms with Crippen molar-refractivity contribution >= 4 is 5.91 Å². The minimum absolute atomic E-state index is 0.0470. The molecule has 3 N–H and O–H groups in total. The van der Waals surface area contributed by atoms with Crippen molar-refractivity contribution in [3.63, 3.8) is 0 Å². The van der Waals surface area contributed by atoms with Crippen LogP contribution in [0.4, 0.5) is 0 Å². The number of furan rings is 1. The van der Waals surface area contributed by atoms with Crippen molar-refractivity contribution in [3.05, 3.63) is 22.6 Å². The third kappa shape index (κ3) is 3.00. The first kappa shape index (κ1) is 14.1. The fraction of sp³-hybridized carbons (Fsp3) is 0.667. The summed E-state index contributed by atoms with van der Waals surface area (Å²) in [5.74, 6) is 1.46. The van der Waals surface area contributed by atoms with Crippen molar-refractivity contribution < 1.29 is 9.21 Å². The molecule has 1 fully saturated rings.